The van der Waals surface area contributed by atoms with Crippen LogP contribution in [0.2, 0.25) is 0 Å². The van der Waals surface area contributed by atoms with Crippen molar-refractivity contribution in [1.29, 1.82) is 0 Å². The molecular formula is C3H5N3Si. The summed E-state index contributed by atoms with van der Waals surface area (Å²) in [6, 6.07) is 0. The third-order valence-corrected chi connectivity index (χ3v) is 1.28. The molecule has 0 saturated heterocycles. The summed E-state index contributed by atoms with van der Waals surface area (Å²) in [6.45, 7) is 0. The van der Waals surface area contributed by atoms with Crippen LogP contribution < -0.4 is 0 Å². The predicted molar refractivity (Wildman–Crippen MR) is 29.7 cm³/mol. The summed E-state index contributed by atoms with van der Waals surface area (Å²) >= 11 is 0. The molecule has 0 atom stereocenters. The molecule has 36 valence electrons. The number of nitrogens with zero attached hydrogens (tertiary/aromatic N) is 3. The van der Waals surface area contributed by atoms with Crippen LogP contribution >= 0.6 is 0 Å². The Labute approximate surface area is 43.5 Å². The zero-order chi connectivity index (χ0) is 5.11. The average molecular weight is 111 g/mol. The molecule has 0 aliphatic heterocycles. The zero-order valence-electron chi connectivity index (χ0n) is 3.78. The second kappa shape index (κ2) is 1.79. The summed E-state index contributed by atoms with van der Waals surface area (Å²) in [5.41, 5.74) is 0. The summed E-state index contributed by atoms with van der Waals surface area (Å²) in [7, 11) is 0.0370. The minimum absolute atomic E-state index is 0.0370. The lowest BCUT2D eigenvalue weighted by atomic mass is 11.0. The maximum Gasteiger partial charge on any atom is 0.137 e. The molecule has 1 aromatic rings. The van der Waals surface area contributed by atoms with Gasteiger partial charge in [0.25, 0.3) is 0 Å². The highest BCUT2D eigenvalue weighted by Gasteiger charge is 1.75. The van der Waals surface area contributed by atoms with Gasteiger partial charge in [0.2, 0.25) is 0 Å². The number of aromatic nitrogens is 3. The smallest absolute Gasteiger partial charge is 0.137 e. The first-order chi connectivity index (χ1) is 3.43. The molecule has 0 aliphatic rings. The van der Waals surface area contributed by atoms with Gasteiger partial charge in [-0.1, -0.05) is 11.4 Å². The average Bonchev–Trinajstić information content (AvgIpc) is 2.14. The van der Waals surface area contributed by atoms with Gasteiger partial charge in [-0.15, -0.1) is 5.10 Å². The molecule has 4 heteroatoms. The second-order valence-corrected chi connectivity index (χ2v) is 1.96. The van der Waals surface area contributed by atoms with E-state index in [2.05, 4.69) is 16.5 Å². The minimum Gasteiger partial charge on any atom is -0.266 e. The van der Waals surface area contributed by atoms with Crippen LogP contribution in [0, 0.1) is 0 Å². The summed E-state index contributed by atoms with van der Waals surface area (Å²) in [5, 5.41) is 7.26. The lowest BCUT2D eigenvalue weighted by molar-refractivity contribution is 0.876. The van der Waals surface area contributed by atoms with E-state index in [1.54, 1.807) is 10.5 Å². The Hall–Kier alpha value is -0.773. The van der Waals surface area contributed by atoms with E-state index in [9.17, 15) is 0 Å². The molecule has 1 heterocycles. The molecule has 0 spiro atoms. The molecule has 3 nitrogen and oxygen atoms in total. The molecule has 0 fully saturated rings. The van der Waals surface area contributed by atoms with E-state index in [0.29, 0.717) is 0 Å². The van der Waals surface area contributed by atoms with Crippen LogP contribution in [0.5, 0.6) is 0 Å². The van der Waals surface area contributed by atoms with Crippen LogP contribution in [0.15, 0.2) is 12.4 Å². The molecule has 0 bridgehead atoms. The van der Waals surface area contributed by atoms with Crippen LogP contribution in [0.4, 0.5) is 0 Å². The fraction of sp³-hybridized carbons (Fsp3) is 0. The third kappa shape index (κ3) is 0.804. The highest BCUT2D eigenvalue weighted by Crippen LogP contribution is 1.66. The van der Waals surface area contributed by atoms with E-state index in [1.165, 1.54) is 0 Å². The Morgan fingerprint density at radius 1 is 1.71 bits per heavy atom. The van der Waals surface area contributed by atoms with Gasteiger partial charge in [-0.25, -0.2) is 0 Å². The van der Waals surface area contributed by atoms with Gasteiger partial charge in [-0.05, 0) is 0 Å². The Kier molecular flexibility index (Phi) is 1.12. The highest BCUT2D eigenvalue weighted by molar-refractivity contribution is 6.38. The first-order valence-corrected chi connectivity index (χ1v) is 3.25. The van der Waals surface area contributed by atoms with Crippen molar-refractivity contribution in [2.45, 2.75) is 0 Å². The Bertz CT molecular complexity index is 145. The Morgan fingerprint density at radius 2 is 2.57 bits per heavy atom. The fourth-order valence-electron chi connectivity index (χ4n) is 0.315. The fourth-order valence-corrected chi connectivity index (χ4v) is 0.646. The van der Waals surface area contributed by atoms with E-state index < -0.39 is 0 Å². The van der Waals surface area contributed by atoms with Gasteiger partial charge in [0.05, 0.1) is 6.20 Å². The van der Waals surface area contributed by atoms with E-state index in [-0.39, 0.29) is 9.29 Å². The van der Waals surface area contributed by atoms with Crippen LogP contribution in [-0.2, 0) is 0 Å². The van der Waals surface area contributed by atoms with Crippen molar-refractivity contribution in [2.24, 2.45) is 0 Å². The van der Waals surface area contributed by atoms with Gasteiger partial charge in [0.1, 0.15) is 9.29 Å². The van der Waals surface area contributed by atoms with Gasteiger partial charge in [-0.3, -0.25) is 4.35 Å². The van der Waals surface area contributed by atoms with E-state index in [0.717, 1.165) is 0 Å². The van der Waals surface area contributed by atoms with Crippen LogP contribution in [0.1, 0.15) is 0 Å². The SMILES string of the molecule is C=[SiH]n1ccnn1. The van der Waals surface area contributed by atoms with Crippen molar-refractivity contribution in [1.82, 2.24) is 14.7 Å². The largest absolute Gasteiger partial charge is 0.266 e. The topological polar surface area (TPSA) is 30.7 Å². The standard InChI is InChI=1S/C3H5N3Si/c1-7-6-3-2-4-5-6/h2-3,7H,1H2. The molecule has 0 amide bonds. The minimum atomic E-state index is 0.0370. The third-order valence-electron chi connectivity index (χ3n) is 0.628. The number of hydrogen-bond donors (Lipinski definition) is 0. The van der Waals surface area contributed by atoms with Crippen molar-refractivity contribution < 1.29 is 0 Å². The normalized spacial score (nSPS) is 8.57. The Balaban J connectivity index is 2.96. The van der Waals surface area contributed by atoms with Crippen LogP contribution in [0.3, 0.4) is 0 Å². The van der Waals surface area contributed by atoms with Crippen molar-refractivity contribution in [2.75, 3.05) is 0 Å². The molecule has 0 N–H and O–H groups in total. The van der Waals surface area contributed by atoms with Gasteiger partial charge >= 0.3 is 0 Å². The predicted octanol–water partition coefficient (Wildman–Crippen LogP) is -1.09. The zero-order valence-corrected chi connectivity index (χ0v) is 4.94. The lowest BCUT2D eigenvalue weighted by Crippen LogP contribution is -1.96. The monoisotopic (exact) mass is 111 g/mol. The highest BCUT2D eigenvalue weighted by atomic mass is 28.2. The molecule has 0 aromatic carbocycles. The molecule has 1 rings (SSSR count). The number of hydrogen-bond acceptors (Lipinski definition) is 2. The second-order valence-electron chi connectivity index (χ2n) is 1.07. The van der Waals surface area contributed by atoms with Gasteiger partial charge in [0.15, 0.2) is 0 Å². The molecule has 0 aliphatic carbocycles. The summed E-state index contributed by atoms with van der Waals surface area (Å²) in [5.74, 6) is 0. The maximum atomic E-state index is 3.68. The Morgan fingerprint density at radius 3 is 2.86 bits per heavy atom. The van der Waals surface area contributed by atoms with E-state index >= 15 is 0 Å². The first kappa shape index (κ1) is 4.39. The van der Waals surface area contributed by atoms with E-state index in [4.69, 9.17) is 0 Å². The van der Waals surface area contributed by atoms with Gasteiger partial charge < -0.3 is 0 Å². The van der Waals surface area contributed by atoms with Gasteiger partial charge in [-0.2, -0.15) is 0 Å². The lowest BCUT2D eigenvalue weighted by Gasteiger charge is -1.78. The molecule has 7 heavy (non-hydrogen) atoms. The quantitative estimate of drug-likeness (QED) is 0.431. The first-order valence-electron chi connectivity index (χ1n) is 1.92. The number of rotatable bonds is 1. The molecule has 0 saturated carbocycles. The molecule has 0 radical (unpaired) electrons. The van der Waals surface area contributed by atoms with Crippen molar-refractivity contribution in [3.8, 4) is 0 Å². The molecule has 0 unspecified atom stereocenters. The van der Waals surface area contributed by atoms with Crippen LogP contribution in [-0.4, -0.2) is 30.1 Å². The van der Waals surface area contributed by atoms with Crippen molar-refractivity contribution in [3.63, 3.8) is 0 Å². The van der Waals surface area contributed by atoms with Crippen molar-refractivity contribution >= 4 is 15.5 Å². The maximum absolute atomic E-state index is 3.68. The van der Waals surface area contributed by atoms with Gasteiger partial charge in [0, 0.05) is 6.20 Å². The van der Waals surface area contributed by atoms with E-state index in [1.807, 2.05) is 6.20 Å². The molecular weight excluding hydrogens is 106 g/mol. The summed E-state index contributed by atoms with van der Waals surface area (Å²) in [6.07, 6.45) is 7.13. The van der Waals surface area contributed by atoms with Crippen molar-refractivity contribution in [3.05, 3.63) is 12.4 Å². The summed E-state index contributed by atoms with van der Waals surface area (Å²) in [4.78, 5) is 0. The summed E-state index contributed by atoms with van der Waals surface area (Å²) < 4.78 is 1.74. The van der Waals surface area contributed by atoms with Crippen LogP contribution in [0.25, 0.3) is 0 Å². The molecule has 1 aromatic heterocycles.